The number of anilines is 1. The molecule has 0 aliphatic rings. The quantitative estimate of drug-likeness (QED) is 0.540. The Morgan fingerprint density at radius 2 is 1.97 bits per heavy atom. The number of carbonyl (C=O) groups is 2. The minimum absolute atomic E-state index is 0.206. The Morgan fingerprint density at radius 1 is 1.17 bits per heavy atom. The van der Waals surface area contributed by atoms with E-state index in [1.54, 1.807) is 6.07 Å². The Balaban J connectivity index is 1.94. The SMILES string of the molecule is CCOc1cc(C(=O)OC)cc(NC(=O)c2cc(-c3cccs3)[nH]n2)c1OCC. The highest BCUT2D eigenvalue weighted by Crippen LogP contribution is 2.38. The molecule has 8 nitrogen and oxygen atoms in total. The number of aromatic nitrogens is 2. The van der Waals surface area contributed by atoms with Crippen molar-refractivity contribution in [3.63, 3.8) is 0 Å². The van der Waals surface area contributed by atoms with Gasteiger partial charge in [0.2, 0.25) is 0 Å². The van der Waals surface area contributed by atoms with Gasteiger partial charge in [0.1, 0.15) is 0 Å². The van der Waals surface area contributed by atoms with Crippen LogP contribution in [-0.4, -0.2) is 42.4 Å². The van der Waals surface area contributed by atoms with Crippen LogP contribution in [0.15, 0.2) is 35.7 Å². The zero-order valence-electron chi connectivity index (χ0n) is 16.3. The molecule has 0 fully saturated rings. The van der Waals surface area contributed by atoms with Crippen LogP contribution in [0.3, 0.4) is 0 Å². The van der Waals surface area contributed by atoms with Crippen molar-refractivity contribution in [2.45, 2.75) is 13.8 Å². The molecule has 29 heavy (non-hydrogen) atoms. The van der Waals surface area contributed by atoms with Crippen molar-refractivity contribution in [1.82, 2.24) is 10.2 Å². The molecule has 3 rings (SSSR count). The summed E-state index contributed by atoms with van der Waals surface area (Å²) in [6, 6.07) is 8.53. The third-order valence-corrected chi connectivity index (χ3v) is 4.81. The molecule has 0 saturated heterocycles. The number of amides is 1. The first-order valence-corrected chi connectivity index (χ1v) is 9.87. The molecule has 1 amide bonds. The molecule has 0 atom stereocenters. The van der Waals surface area contributed by atoms with Crippen LogP contribution in [0.5, 0.6) is 11.5 Å². The summed E-state index contributed by atoms with van der Waals surface area (Å²) in [6.07, 6.45) is 0. The highest BCUT2D eigenvalue weighted by atomic mass is 32.1. The van der Waals surface area contributed by atoms with Gasteiger partial charge in [-0.1, -0.05) is 6.07 Å². The van der Waals surface area contributed by atoms with Crippen LogP contribution in [0.25, 0.3) is 10.6 Å². The van der Waals surface area contributed by atoms with Gasteiger partial charge in [0.15, 0.2) is 17.2 Å². The molecule has 0 radical (unpaired) electrons. The van der Waals surface area contributed by atoms with E-state index in [9.17, 15) is 9.59 Å². The van der Waals surface area contributed by atoms with Crippen LogP contribution >= 0.6 is 11.3 Å². The summed E-state index contributed by atoms with van der Waals surface area (Å²) in [7, 11) is 1.28. The van der Waals surface area contributed by atoms with Gasteiger partial charge in [-0.05, 0) is 43.5 Å². The van der Waals surface area contributed by atoms with Crippen LogP contribution in [-0.2, 0) is 4.74 Å². The second-order valence-electron chi connectivity index (χ2n) is 5.81. The number of benzene rings is 1. The summed E-state index contributed by atoms with van der Waals surface area (Å²) < 4.78 is 16.1. The number of methoxy groups -OCH3 is 1. The Labute approximate surface area is 171 Å². The van der Waals surface area contributed by atoms with Crippen molar-refractivity contribution >= 4 is 28.9 Å². The maximum Gasteiger partial charge on any atom is 0.338 e. The first-order valence-electron chi connectivity index (χ1n) is 8.99. The first kappa shape index (κ1) is 20.4. The zero-order valence-corrected chi connectivity index (χ0v) is 17.1. The maximum absolute atomic E-state index is 12.8. The first-order chi connectivity index (χ1) is 14.1. The van der Waals surface area contributed by atoms with E-state index in [2.05, 4.69) is 15.5 Å². The molecule has 0 aliphatic carbocycles. The number of ether oxygens (including phenoxy) is 3. The van der Waals surface area contributed by atoms with Gasteiger partial charge in [0.05, 0.1) is 42.1 Å². The van der Waals surface area contributed by atoms with E-state index in [0.29, 0.717) is 30.4 Å². The van der Waals surface area contributed by atoms with Gasteiger partial charge in [-0.25, -0.2) is 4.79 Å². The van der Waals surface area contributed by atoms with Crippen LogP contribution in [0.2, 0.25) is 0 Å². The number of nitrogens with zero attached hydrogens (tertiary/aromatic N) is 1. The molecule has 0 saturated carbocycles. The summed E-state index contributed by atoms with van der Waals surface area (Å²) in [4.78, 5) is 25.8. The predicted octanol–water partition coefficient (Wildman–Crippen LogP) is 3.97. The van der Waals surface area contributed by atoms with Crippen LogP contribution in [0.1, 0.15) is 34.7 Å². The Hall–Kier alpha value is -3.33. The standard InChI is InChI=1S/C20H21N3O5S/c1-4-27-16-10-12(20(25)26-3)9-14(18(16)28-5-2)21-19(24)15-11-13(22-23-15)17-7-6-8-29-17/h6-11H,4-5H2,1-3H3,(H,21,24)(H,22,23). The molecule has 3 aromatic rings. The van der Waals surface area contributed by atoms with E-state index in [-0.39, 0.29) is 11.3 Å². The molecule has 0 bridgehead atoms. The third kappa shape index (κ3) is 4.57. The molecule has 2 aromatic heterocycles. The van der Waals surface area contributed by atoms with Crippen molar-refractivity contribution in [3.8, 4) is 22.1 Å². The molecule has 152 valence electrons. The van der Waals surface area contributed by atoms with Gasteiger partial charge in [-0.15, -0.1) is 11.3 Å². The highest BCUT2D eigenvalue weighted by Gasteiger charge is 2.21. The molecular formula is C20H21N3O5S. The van der Waals surface area contributed by atoms with E-state index in [0.717, 1.165) is 10.6 Å². The smallest absolute Gasteiger partial charge is 0.338 e. The van der Waals surface area contributed by atoms with Gasteiger partial charge in [-0.2, -0.15) is 5.10 Å². The van der Waals surface area contributed by atoms with E-state index in [4.69, 9.17) is 14.2 Å². The molecule has 2 heterocycles. The molecule has 2 N–H and O–H groups in total. The summed E-state index contributed by atoms with van der Waals surface area (Å²) in [5.74, 6) is -0.322. The monoisotopic (exact) mass is 415 g/mol. The van der Waals surface area contributed by atoms with Crippen LogP contribution < -0.4 is 14.8 Å². The number of hydrogen-bond acceptors (Lipinski definition) is 7. The van der Waals surface area contributed by atoms with Crippen molar-refractivity contribution in [3.05, 3.63) is 47.0 Å². The second kappa shape index (κ2) is 9.24. The Morgan fingerprint density at radius 3 is 2.62 bits per heavy atom. The molecule has 0 aliphatic heterocycles. The topological polar surface area (TPSA) is 103 Å². The number of esters is 1. The van der Waals surface area contributed by atoms with Gasteiger partial charge in [0, 0.05) is 0 Å². The molecule has 0 unspecified atom stereocenters. The number of carbonyl (C=O) groups excluding carboxylic acids is 2. The molecule has 1 aromatic carbocycles. The van der Waals surface area contributed by atoms with Gasteiger partial charge >= 0.3 is 5.97 Å². The summed E-state index contributed by atoms with van der Waals surface area (Å²) in [6.45, 7) is 4.35. The average Bonchev–Trinajstić information content (AvgIpc) is 3.41. The lowest BCUT2D eigenvalue weighted by molar-refractivity contribution is 0.0600. The molecule has 9 heteroatoms. The van der Waals surface area contributed by atoms with E-state index >= 15 is 0 Å². The summed E-state index contributed by atoms with van der Waals surface area (Å²) >= 11 is 1.54. The predicted molar refractivity (Wildman–Crippen MR) is 110 cm³/mol. The normalized spacial score (nSPS) is 10.4. The van der Waals surface area contributed by atoms with Crippen molar-refractivity contribution in [2.75, 3.05) is 25.6 Å². The van der Waals surface area contributed by atoms with Crippen LogP contribution in [0, 0.1) is 0 Å². The van der Waals surface area contributed by atoms with E-state index in [1.807, 2.05) is 31.4 Å². The fourth-order valence-electron chi connectivity index (χ4n) is 2.67. The number of rotatable bonds is 8. The number of nitrogens with one attached hydrogen (secondary N) is 2. The van der Waals surface area contributed by atoms with Crippen LogP contribution in [0.4, 0.5) is 5.69 Å². The van der Waals surface area contributed by atoms with Gasteiger partial charge in [0.25, 0.3) is 5.91 Å². The number of aromatic amines is 1. The number of thiophene rings is 1. The Bertz CT molecular complexity index is 998. The van der Waals surface area contributed by atoms with Crippen molar-refractivity contribution in [1.29, 1.82) is 0 Å². The lowest BCUT2D eigenvalue weighted by atomic mass is 10.1. The van der Waals surface area contributed by atoms with Crippen molar-refractivity contribution < 1.29 is 23.8 Å². The molecular weight excluding hydrogens is 394 g/mol. The molecule has 0 spiro atoms. The maximum atomic E-state index is 12.8. The number of H-pyrrole nitrogens is 1. The largest absolute Gasteiger partial charge is 0.490 e. The minimum Gasteiger partial charge on any atom is -0.490 e. The van der Waals surface area contributed by atoms with E-state index < -0.39 is 11.9 Å². The van der Waals surface area contributed by atoms with Gasteiger partial charge in [-0.3, -0.25) is 9.89 Å². The lowest BCUT2D eigenvalue weighted by Crippen LogP contribution is -2.15. The fourth-order valence-corrected chi connectivity index (χ4v) is 3.36. The Kier molecular flexibility index (Phi) is 6.50. The minimum atomic E-state index is -0.552. The third-order valence-electron chi connectivity index (χ3n) is 3.91. The summed E-state index contributed by atoms with van der Waals surface area (Å²) in [5.41, 5.74) is 1.48. The van der Waals surface area contributed by atoms with E-state index in [1.165, 1.54) is 30.6 Å². The fraction of sp³-hybridized carbons (Fsp3) is 0.250. The van der Waals surface area contributed by atoms with Crippen molar-refractivity contribution in [2.24, 2.45) is 0 Å². The number of hydrogen-bond donors (Lipinski definition) is 2. The lowest BCUT2D eigenvalue weighted by Gasteiger charge is -2.17. The average molecular weight is 415 g/mol. The summed E-state index contributed by atoms with van der Waals surface area (Å²) in [5, 5.41) is 11.6. The highest BCUT2D eigenvalue weighted by molar-refractivity contribution is 7.13. The zero-order chi connectivity index (χ0) is 20.8. The second-order valence-corrected chi connectivity index (χ2v) is 6.75. The van der Waals surface area contributed by atoms with Gasteiger partial charge < -0.3 is 19.5 Å².